The van der Waals surface area contributed by atoms with Crippen molar-refractivity contribution in [1.29, 1.82) is 0 Å². The Morgan fingerprint density at radius 2 is 1.64 bits per heavy atom. The van der Waals surface area contributed by atoms with E-state index in [1.54, 1.807) is 11.9 Å². The summed E-state index contributed by atoms with van der Waals surface area (Å²) in [6, 6.07) is 0.997. The molecule has 0 aromatic rings. The minimum Gasteiger partial charge on any atom is -0.450 e. The first-order chi connectivity index (χ1) is 12.8. The van der Waals surface area contributed by atoms with Gasteiger partial charge in [-0.05, 0) is 46.6 Å². The van der Waals surface area contributed by atoms with E-state index in [1.807, 2.05) is 32.6 Å². The summed E-state index contributed by atoms with van der Waals surface area (Å²) in [5.41, 5.74) is -0.536. The first-order valence-electron chi connectivity index (χ1n) is 10.7. The van der Waals surface area contributed by atoms with Crippen LogP contribution in [0.1, 0.15) is 59.8 Å². The molecule has 0 bridgehead atoms. The predicted octanol–water partition coefficient (Wildman–Crippen LogP) is 5.35. The van der Waals surface area contributed by atoms with Crippen LogP contribution in [0.5, 0.6) is 0 Å². The third-order valence-electron chi connectivity index (χ3n) is 4.97. The molecule has 0 radical (unpaired) electrons. The molecular weight excluding hydrogens is 372 g/mol. The third kappa shape index (κ3) is 9.30. The Balaban J connectivity index is 2.72. The average Bonchev–Trinajstić information content (AvgIpc) is 2.52. The molecular formula is C21H42N2O4Si. The quantitative estimate of drug-likeness (QED) is 0.527. The number of hydrogen-bond donors (Lipinski definition) is 0. The second kappa shape index (κ2) is 10.5. The van der Waals surface area contributed by atoms with Crippen molar-refractivity contribution in [3.63, 3.8) is 0 Å². The molecule has 1 saturated carbocycles. The second-order valence-electron chi connectivity index (χ2n) is 10.3. The van der Waals surface area contributed by atoms with Gasteiger partial charge in [0.15, 0.2) is 0 Å². The zero-order valence-electron chi connectivity index (χ0n) is 19.3. The maximum Gasteiger partial charge on any atom is 0.410 e. The topological polar surface area (TPSA) is 59.1 Å². The maximum atomic E-state index is 12.9. The van der Waals surface area contributed by atoms with E-state index in [9.17, 15) is 9.59 Å². The zero-order chi connectivity index (χ0) is 21.5. The predicted molar refractivity (Wildman–Crippen MR) is 117 cm³/mol. The molecule has 2 amide bonds. The number of amides is 2. The summed E-state index contributed by atoms with van der Waals surface area (Å²) in [4.78, 5) is 28.7. The molecule has 1 aliphatic carbocycles. The lowest BCUT2D eigenvalue weighted by molar-refractivity contribution is -0.00167. The molecule has 0 aromatic heterocycles. The van der Waals surface area contributed by atoms with Crippen LogP contribution in [0.2, 0.25) is 25.7 Å². The zero-order valence-corrected chi connectivity index (χ0v) is 20.3. The molecule has 0 saturated heterocycles. The van der Waals surface area contributed by atoms with Crippen LogP contribution in [0, 0.1) is 0 Å². The number of carbonyl (C=O) groups is 2. The van der Waals surface area contributed by atoms with Gasteiger partial charge in [-0.25, -0.2) is 9.59 Å². The molecule has 0 aromatic carbocycles. The summed E-state index contributed by atoms with van der Waals surface area (Å²) >= 11 is 0. The fraction of sp³-hybridized carbons (Fsp3) is 0.905. The van der Waals surface area contributed by atoms with Crippen molar-refractivity contribution in [2.45, 2.75) is 103 Å². The highest BCUT2D eigenvalue weighted by molar-refractivity contribution is 6.76. The Hall–Kier alpha value is -1.24. The lowest BCUT2D eigenvalue weighted by atomic mass is 9.93. The largest absolute Gasteiger partial charge is 0.450 e. The summed E-state index contributed by atoms with van der Waals surface area (Å²) in [5.74, 6) is 0. The Morgan fingerprint density at radius 1 is 1.07 bits per heavy atom. The number of likely N-dealkylation sites (N-methyl/N-ethyl adjacent to an activating group) is 1. The Bertz CT molecular complexity index is 508. The van der Waals surface area contributed by atoms with Gasteiger partial charge >= 0.3 is 12.2 Å². The van der Waals surface area contributed by atoms with Gasteiger partial charge in [0, 0.05) is 27.7 Å². The van der Waals surface area contributed by atoms with Gasteiger partial charge in [-0.15, -0.1) is 0 Å². The highest BCUT2D eigenvalue weighted by Crippen LogP contribution is 2.26. The molecule has 6 nitrogen and oxygen atoms in total. The summed E-state index contributed by atoms with van der Waals surface area (Å²) in [5, 5.41) is 0. The van der Waals surface area contributed by atoms with Gasteiger partial charge in [0.1, 0.15) is 5.60 Å². The van der Waals surface area contributed by atoms with Crippen molar-refractivity contribution in [2.75, 3.05) is 20.2 Å². The van der Waals surface area contributed by atoms with Crippen molar-refractivity contribution >= 4 is 20.3 Å². The molecule has 164 valence electrons. The normalized spacial score (nSPS) is 17.0. The highest BCUT2D eigenvalue weighted by Gasteiger charge is 2.34. The Morgan fingerprint density at radius 3 is 2.14 bits per heavy atom. The Labute approximate surface area is 172 Å². The van der Waals surface area contributed by atoms with Gasteiger partial charge in [-0.1, -0.05) is 38.9 Å². The first kappa shape index (κ1) is 24.8. The summed E-state index contributed by atoms with van der Waals surface area (Å²) in [6.07, 6.45) is 4.86. The number of hydrogen-bond acceptors (Lipinski definition) is 4. The van der Waals surface area contributed by atoms with E-state index in [2.05, 4.69) is 19.6 Å². The molecule has 1 unspecified atom stereocenters. The molecule has 1 aliphatic rings. The molecule has 7 heteroatoms. The van der Waals surface area contributed by atoms with Crippen LogP contribution in [-0.2, 0) is 9.47 Å². The minimum atomic E-state index is -1.23. The van der Waals surface area contributed by atoms with Crippen LogP contribution < -0.4 is 0 Å². The number of rotatable bonds is 7. The monoisotopic (exact) mass is 414 g/mol. The van der Waals surface area contributed by atoms with E-state index in [1.165, 1.54) is 6.42 Å². The SMILES string of the molecule is CC(CN(C)C(=O)OCC[Si](C)(C)C)N(C(=O)OC(C)(C)C)C1CCCCC1. The van der Waals surface area contributed by atoms with Gasteiger partial charge in [-0.2, -0.15) is 0 Å². The molecule has 0 N–H and O–H groups in total. The van der Waals surface area contributed by atoms with E-state index in [0.29, 0.717) is 13.2 Å². The van der Waals surface area contributed by atoms with Crippen LogP contribution in [0.25, 0.3) is 0 Å². The van der Waals surface area contributed by atoms with Crippen LogP contribution in [0.3, 0.4) is 0 Å². The molecule has 1 fully saturated rings. The van der Waals surface area contributed by atoms with E-state index in [0.717, 1.165) is 31.7 Å². The molecule has 0 spiro atoms. The average molecular weight is 415 g/mol. The lowest BCUT2D eigenvalue weighted by Gasteiger charge is -2.40. The van der Waals surface area contributed by atoms with Crippen molar-refractivity contribution in [2.24, 2.45) is 0 Å². The van der Waals surface area contributed by atoms with Crippen LogP contribution in [0.15, 0.2) is 0 Å². The van der Waals surface area contributed by atoms with Gasteiger partial charge in [-0.3, -0.25) is 0 Å². The standard InChI is InChI=1S/C21H42N2O4Si/c1-17(16-22(5)19(24)26-14-15-28(6,7)8)23(18-12-10-9-11-13-18)20(25)27-21(2,3)4/h17-18H,9-16H2,1-8H3. The third-order valence-corrected chi connectivity index (χ3v) is 6.68. The van der Waals surface area contributed by atoms with Crippen molar-refractivity contribution in [1.82, 2.24) is 9.80 Å². The lowest BCUT2D eigenvalue weighted by Crippen LogP contribution is -2.52. The number of ether oxygens (including phenoxy) is 2. The highest BCUT2D eigenvalue weighted by atomic mass is 28.3. The smallest absolute Gasteiger partial charge is 0.410 e. The molecule has 0 aliphatic heterocycles. The molecule has 0 heterocycles. The van der Waals surface area contributed by atoms with Gasteiger partial charge in [0.2, 0.25) is 0 Å². The van der Waals surface area contributed by atoms with E-state index >= 15 is 0 Å². The van der Waals surface area contributed by atoms with Crippen molar-refractivity contribution < 1.29 is 19.1 Å². The molecule has 1 rings (SSSR count). The van der Waals surface area contributed by atoms with Crippen molar-refractivity contribution in [3.8, 4) is 0 Å². The van der Waals surface area contributed by atoms with Gasteiger partial charge in [0.25, 0.3) is 0 Å². The minimum absolute atomic E-state index is 0.132. The Kier molecular flexibility index (Phi) is 9.31. The number of carbonyl (C=O) groups excluding carboxylic acids is 2. The fourth-order valence-electron chi connectivity index (χ4n) is 3.48. The van der Waals surface area contributed by atoms with Crippen molar-refractivity contribution in [3.05, 3.63) is 0 Å². The summed E-state index contributed by atoms with van der Waals surface area (Å²) in [6.45, 7) is 15.3. The first-order valence-corrected chi connectivity index (χ1v) is 14.4. The summed E-state index contributed by atoms with van der Waals surface area (Å²) < 4.78 is 11.1. The second-order valence-corrected chi connectivity index (χ2v) is 16.0. The van der Waals surface area contributed by atoms with Crippen LogP contribution >= 0.6 is 0 Å². The number of nitrogens with zero attached hydrogens (tertiary/aromatic N) is 2. The molecule has 28 heavy (non-hydrogen) atoms. The summed E-state index contributed by atoms with van der Waals surface area (Å²) in [7, 11) is 0.503. The fourth-order valence-corrected chi connectivity index (χ4v) is 4.19. The van der Waals surface area contributed by atoms with E-state index in [-0.39, 0.29) is 24.3 Å². The maximum absolute atomic E-state index is 12.9. The van der Waals surface area contributed by atoms with E-state index in [4.69, 9.17) is 9.47 Å². The molecule has 1 atom stereocenters. The van der Waals surface area contributed by atoms with Gasteiger partial charge in [0.05, 0.1) is 12.6 Å². The van der Waals surface area contributed by atoms with E-state index < -0.39 is 13.7 Å². The van der Waals surface area contributed by atoms with Crippen LogP contribution in [0.4, 0.5) is 9.59 Å². The van der Waals surface area contributed by atoms with Gasteiger partial charge < -0.3 is 19.3 Å². The van der Waals surface area contributed by atoms with Crippen LogP contribution in [-0.4, -0.2) is 67.9 Å².